The molecule has 0 aromatic carbocycles. The Labute approximate surface area is 324 Å². The fourth-order valence-electron chi connectivity index (χ4n) is 5.54. The smallest absolute Gasteiger partial charge is 0.305 e. The summed E-state index contributed by atoms with van der Waals surface area (Å²) in [5.41, 5.74) is 0. The molecule has 0 aliphatic rings. The lowest BCUT2D eigenvalue weighted by Crippen LogP contribution is -2.22. The monoisotopic (exact) mass is 759 g/mol. The molecule has 0 N–H and O–H groups in total. The van der Waals surface area contributed by atoms with Gasteiger partial charge in [-0.05, 0) is 19.3 Å². The van der Waals surface area contributed by atoms with Crippen LogP contribution in [0.1, 0.15) is 229 Å². The minimum absolute atomic E-state index is 0.158. The zero-order valence-electron chi connectivity index (χ0n) is 35.5. The first-order valence-electron chi connectivity index (χ1n) is 21.2. The Balaban J connectivity index is -0.000000714. The summed E-state index contributed by atoms with van der Waals surface area (Å²) >= 11 is 0. The van der Waals surface area contributed by atoms with Crippen molar-refractivity contribution in [2.24, 2.45) is 0 Å². The molecule has 0 bridgehead atoms. The SMILES string of the molecule is CCCCCCCCCCC(OC(C)=O)OC(C)=O.CCCCCCCCCCC(OC(C)=O)OC(C)=O.CCCCCCCCCCCOC(C)=O. The van der Waals surface area contributed by atoms with E-state index in [9.17, 15) is 24.0 Å². The summed E-state index contributed by atoms with van der Waals surface area (Å²) in [5.74, 6) is -1.80. The topological polar surface area (TPSA) is 132 Å². The minimum Gasteiger partial charge on any atom is -0.466 e. The van der Waals surface area contributed by atoms with Gasteiger partial charge in [-0.15, -0.1) is 0 Å². The van der Waals surface area contributed by atoms with Crippen LogP contribution in [0.5, 0.6) is 0 Å². The molecule has 0 aromatic heterocycles. The summed E-state index contributed by atoms with van der Waals surface area (Å²) < 4.78 is 24.6. The van der Waals surface area contributed by atoms with Crippen LogP contribution in [0.2, 0.25) is 0 Å². The number of unbranched alkanes of at least 4 members (excludes halogenated alkanes) is 22. The van der Waals surface area contributed by atoms with E-state index in [2.05, 4.69) is 20.8 Å². The maximum Gasteiger partial charge on any atom is 0.305 e. The fraction of sp³-hybridized carbons (Fsp3) is 0.884. The Bertz CT molecular complexity index is 776. The van der Waals surface area contributed by atoms with E-state index < -0.39 is 36.5 Å². The van der Waals surface area contributed by atoms with Crippen LogP contribution in [0.4, 0.5) is 0 Å². The number of rotatable bonds is 32. The minimum atomic E-state index is -0.713. The van der Waals surface area contributed by atoms with Crippen molar-refractivity contribution in [1.29, 1.82) is 0 Å². The lowest BCUT2D eigenvalue weighted by molar-refractivity contribution is -0.188. The van der Waals surface area contributed by atoms with Crippen molar-refractivity contribution >= 4 is 29.8 Å². The zero-order valence-corrected chi connectivity index (χ0v) is 35.5. The summed E-state index contributed by atoms with van der Waals surface area (Å²) in [6.45, 7) is 14.0. The van der Waals surface area contributed by atoms with Gasteiger partial charge in [-0.1, -0.05) is 162 Å². The Morgan fingerprint density at radius 1 is 0.321 bits per heavy atom. The van der Waals surface area contributed by atoms with Crippen molar-refractivity contribution in [1.82, 2.24) is 0 Å². The van der Waals surface area contributed by atoms with E-state index in [-0.39, 0.29) is 5.97 Å². The van der Waals surface area contributed by atoms with E-state index in [1.165, 1.54) is 163 Å². The van der Waals surface area contributed by atoms with Crippen LogP contribution >= 0.6 is 0 Å². The largest absolute Gasteiger partial charge is 0.466 e. The standard InChI is InChI=1S/2C15H28O4.C13H26O2/c2*1-4-5-6-7-8-9-10-11-12-15(18-13(2)16)19-14(3)17;1-3-4-5-6-7-8-9-10-11-12-15-13(2)14/h2*15H,4-12H2,1-3H3;3-12H2,1-2H3. The first-order chi connectivity index (χ1) is 25.4. The maximum atomic E-state index is 10.9. The Morgan fingerprint density at radius 3 is 0.774 bits per heavy atom. The van der Waals surface area contributed by atoms with E-state index in [0.29, 0.717) is 19.4 Å². The average Bonchev–Trinajstić information content (AvgIpc) is 3.07. The molecular weight excluding hydrogens is 676 g/mol. The lowest BCUT2D eigenvalue weighted by Gasteiger charge is -2.16. The zero-order chi connectivity index (χ0) is 40.4. The normalized spacial score (nSPS) is 10.5. The molecular formula is C43H82O10. The van der Waals surface area contributed by atoms with Crippen LogP contribution in [-0.4, -0.2) is 49.0 Å². The molecule has 0 rings (SSSR count). The van der Waals surface area contributed by atoms with Gasteiger partial charge in [0.25, 0.3) is 0 Å². The van der Waals surface area contributed by atoms with Gasteiger partial charge in [0.1, 0.15) is 0 Å². The molecule has 0 spiro atoms. The molecule has 0 aliphatic heterocycles. The highest BCUT2D eigenvalue weighted by molar-refractivity contribution is 5.68. The third-order valence-electron chi connectivity index (χ3n) is 8.33. The van der Waals surface area contributed by atoms with Gasteiger partial charge in [-0.3, -0.25) is 24.0 Å². The van der Waals surface area contributed by atoms with Gasteiger partial charge >= 0.3 is 29.8 Å². The van der Waals surface area contributed by atoms with Crippen molar-refractivity contribution in [3.8, 4) is 0 Å². The molecule has 0 fully saturated rings. The van der Waals surface area contributed by atoms with Crippen LogP contribution < -0.4 is 0 Å². The predicted molar refractivity (Wildman–Crippen MR) is 213 cm³/mol. The van der Waals surface area contributed by atoms with E-state index in [1.807, 2.05) is 0 Å². The molecule has 0 aliphatic carbocycles. The molecule has 53 heavy (non-hydrogen) atoms. The quantitative estimate of drug-likeness (QED) is 0.0282. The molecule has 0 unspecified atom stereocenters. The first-order valence-corrected chi connectivity index (χ1v) is 21.2. The van der Waals surface area contributed by atoms with Crippen molar-refractivity contribution in [3.05, 3.63) is 0 Å². The average molecular weight is 759 g/mol. The highest BCUT2D eigenvalue weighted by atomic mass is 16.7. The van der Waals surface area contributed by atoms with Gasteiger partial charge in [-0.2, -0.15) is 0 Å². The van der Waals surface area contributed by atoms with Gasteiger partial charge in [0.05, 0.1) is 6.61 Å². The number of hydrogen-bond donors (Lipinski definition) is 0. The number of carbonyl (C=O) groups is 5. The van der Waals surface area contributed by atoms with Crippen molar-refractivity contribution in [3.63, 3.8) is 0 Å². The second-order valence-corrected chi connectivity index (χ2v) is 14.0. The number of hydrogen-bond acceptors (Lipinski definition) is 10. The maximum absolute atomic E-state index is 10.9. The number of carbonyl (C=O) groups excluding carboxylic acids is 5. The summed E-state index contributed by atoms with van der Waals surface area (Å²) in [6.07, 6.45) is 30.8. The second kappa shape index (κ2) is 43.8. The third-order valence-corrected chi connectivity index (χ3v) is 8.33. The molecule has 10 nitrogen and oxygen atoms in total. The molecule has 0 atom stereocenters. The van der Waals surface area contributed by atoms with E-state index in [0.717, 1.165) is 32.1 Å². The van der Waals surface area contributed by atoms with Crippen molar-refractivity contribution in [2.45, 2.75) is 241 Å². The second-order valence-electron chi connectivity index (χ2n) is 14.0. The number of ether oxygens (including phenoxy) is 5. The Kier molecular flexibility index (Phi) is 45.1. The Hall–Kier alpha value is -2.65. The lowest BCUT2D eigenvalue weighted by atomic mass is 10.1. The van der Waals surface area contributed by atoms with E-state index in [4.69, 9.17) is 23.7 Å². The van der Waals surface area contributed by atoms with Gasteiger partial charge in [0.15, 0.2) is 0 Å². The molecule has 0 aromatic rings. The van der Waals surface area contributed by atoms with Crippen LogP contribution in [0, 0.1) is 0 Å². The highest BCUT2D eigenvalue weighted by Gasteiger charge is 2.15. The van der Waals surface area contributed by atoms with Gasteiger partial charge in [0.2, 0.25) is 12.6 Å². The summed E-state index contributed by atoms with van der Waals surface area (Å²) in [7, 11) is 0. The van der Waals surface area contributed by atoms with Gasteiger partial charge in [-0.25, -0.2) is 0 Å². The third kappa shape index (κ3) is 53.8. The summed E-state index contributed by atoms with van der Waals surface area (Å²) in [5, 5.41) is 0. The van der Waals surface area contributed by atoms with Crippen LogP contribution in [0.3, 0.4) is 0 Å². The summed E-state index contributed by atoms with van der Waals surface area (Å²) in [4.78, 5) is 53.9. The van der Waals surface area contributed by atoms with Gasteiger partial charge < -0.3 is 23.7 Å². The highest BCUT2D eigenvalue weighted by Crippen LogP contribution is 2.15. The van der Waals surface area contributed by atoms with Crippen LogP contribution in [0.25, 0.3) is 0 Å². The molecule has 0 saturated carbocycles. The van der Waals surface area contributed by atoms with E-state index in [1.54, 1.807) is 0 Å². The molecule has 0 radical (unpaired) electrons. The van der Waals surface area contributed by atoms with Crippen molar-refractivity contribution in [2.75, 3.05) is 6.61 Å². The molecule has 314 valence electrons. The van der Waals surface area contributed by atoms with Crippen LogP contribution in [-0.2, 0) is 47.7 Å². The Morgan fingerprint density at radius 2 is 0.547 bits per heavy atom. The van der Waals surface area contributed by atoms with E-state index >= 15 is 0 Å². The molecule has 0 saturated heterocycles. The van der Waals surface area contributed by atoms with Crippen LogP contribution in [0.15, 0.2) is 0 Å². The molecule has 0 heterocycles. The predicted octanol–water partition coefficient (Wildman–Crippen LogP) is 12.0. The summed E-state index contributed by atoms with van der Waals surface area (Å²) in [6, 6.07) is 0. The fourth-order valence-corrected chi connectivity index (χ4v) is 5.54. The molecule has 0 amide bonds. The first kappa shape index (κ1) is 54.7. The molecule has 10 heteroatoms. The number of esters is 5. The van der Waals surface area contributed by atoms with Gasteiger partial charge in [0, 0.05) is 47.5 Å². The van der Waals surface area contributed by atoms with Crippen molar-refractivity contribution < 1.29 is 47.7 Å².